The molecule has 1 aromatic heterocycles. The van der Waals surface area contributed by atoms with Gasteiger partial charge in [-0.15, -0.1) is 0 Å². The van der Waals surface area contributed by atoms with Gasteiger partial charge in [0.15, 0.2) is 10.5 Å². The molecule has 0 aliphatic carbocycles. The van der Waals surface area contributed by atoms with Gasteiger partial charge in [-0.1, -0.05) is 0 Å². The van der Waals surface area contributed by atoms with Crippen molar-refractivity contribution in [2.75, 3.05) is 26.3 Å². The standard InChI is InChI=1S/C18H19BrFNO4/c1-12(22)16-4-2-13(8-17(16)20)24-11-15-10-21(6-7-23-15)9-14-3-5-18(19)25-14/h2-5,8,15H,6-7,9-11H2,1H3. The number of hydrogen-bond donors (Lipinski definition) is 0. The topological polar surface area (TPSA) is 51.9 Å². The Balaban J connectivity index is 1.52. The number of carbonyl (C=O) groups excluding carboxylic acids is 1. The van der Waals surface area contributed by atoms with Gasteiger partial charge in [-0.3, -0.25) is 9.69 Å². The van der Waals surface area contributed by atoms with Gasteiger partial charge >= 0.3 is 0 Å². The summed E-state index contributed by atoms with van der Waals surface area (Å²) in [6.45, 7) is 4.47. The summed E-state index contributed by atoms with van der Waals surface area (Å²) in [4.78, 5) is 13.5. The summed E-state index contributed by atoms with van der Waals surface area (Å²) in [7, 11) is 0. The van der Waals surface area contributed by atoms with Gasteiger partial charge in [0, 0.05) is 19.2 Å². The van der Waals surface area contributed by atoms with E-state index in [-0.39, 0.29) is 17.5 Å². The summed E-state index contributed by atoms with van der Waals surface area (Å²) in [6, 6.07) is 8.08. The zero-order valence-corrected chi connectivity index (χ0v) is 15.4. The van der Waals surface area contributed by atoms with Crippen molar-refractivity contribution < 1.29 is 23.1 Å². The maximum Gasteiger partial charge on any atom is 0.169 e. The second-order valence-electron chi connectivity index (χ2n) is 5.94. The molecule has 1 unspecified atom stereocenters. The lowest BCUT2D eigenvalue weighted by Gasteiger charge is -2.32. The van der Waals surface area contributed by atoms with Crippen molar-refractivity contribution in [3.8, 4) is 5.75 Å². The van der Waals surface area contributed by atoms with Crippen molar-refractivity contribution in [3.05, 3.63) is 52.1 Å². The molecular formula is C18H19BrFNO4. The summed E-state index contributed by atoms with van der Waals surface area (Å²) in [5, 5.41) is 0. The highest BCUT2D eigenvalue weighted by atomic mass is 79.9. The molecule has 0 saturated carbocycles. The van der Waals surface area contributed by atoms with Crippen molar-refractivity contribution in [1.29, 1.82) is 0 Å². The molecule has 7 heteroatoms. The van der Waals surface area contributed by atoms with Crippen molar-refractivity contribution in [1.82, 2.24) is 4.90 Å². The first-order chi connectivity index (χ1) is 12.0. The van der Waals surface area contributed by atoms with Gasteiger partial charge < -0.3 is 13.9 Å². The molecule has 1 fully saturated rings. The van der Waals surface area contributed by atoms with E-state index in [2.05, 4.69) is 20.8 Å². The second-order valence-corrected chi connectivity index (χ2v) is 6.72. The van der Waals surface area contributed by atoms with Crippen LogP contribution in [0.5, 0.6) is 5.75 Å². The average Bonchev–Trinajstić information content (AvgIpc) is 2.98. The number of morpholine rings is 1. The number of nitrogens with zero attached hydrogens (tertiary/aromatic N) is 1. The van der Waals surface area contributed by atoms with Gasteiger partial charge in [0.25, 0.3) is 0 Å². The van der Waals surface area contributed by atoms with Gasteiger partial charge in [0.1, 0.15) is 30.0 Å². The van der Waals surface area contributed by atoms with E-state index in [9.17, 15) is 9.18 Å². The lowest BCUT2D eigenvalue weighted by atomic mass is 10.1. The van der Waals surface area contributed by atoms with Crippen LogP contribution < -0.4 is 4.74 Å². The highest BCUT2D eigenvalue weighted by Crippen LogP contribution is 2.19. The Bertz CT molecular complexity index is 748. The third-order valence-electron chi connectivity index (χ3n) is 3.99. The van der Waals surface area contributed by atoms with E-state index in [1.54, 1.807) is 6.07 Å². The van der Waals surface area contributed by atoms with E-state index in [0.717, 1.165) is 12.3 Å². The highest BCUT2D eigenvalue weighted by Gasteiger charge is 2.22. The number of ketones is 1. The van der Waals surface area contributed by atoms with E-state index < -0.39 is 5.82 Å². The number of rotatable bonds is 6. The minimum absolute atomic E-state index is 0.0667. The molecule has 0 bridgehead atoms. The van der Waals surface area contributed by atoms with E-state index in [1.807, 2.05) is 12.1 Å². The third kappa shape index (κ3) is 4.90. The molecular weight excluding hydrogens is 393 g/mol. The van der Waals surface area contributed by atoms with Crippen LogP contribution in [0.1, 0.15) is 23.0 Å². The number of benzene rings is 1. The molecule has 1 atom stereocenters. The summed E-state index contributed by atoms with van der Waals surface area (Å²) in [6.07, 6.45) is -0.109. The van der Waals surface area contributed by atoms with Crippen LogP contribution in [0.3, 0.4) is 0 Å². The predicted octanol–water partition coefficient (Wildman–Crippen LogP) is 3.66. The molecule has 1 saturated heterocycles. The number of Topliss-reactive ketones (excluding diaryl/α,β-unsaturated/α-hetero) is 1. The van der Waals surface area contributed by atoms with E-state index in [4.69, 9.17) is 13.9 Å². The van der Waals surface area contributed by atoms with Crippen LogP contribution in [0.25, 0.3) is 0 Å². The Hall–Kier alpha value is -1.70. The molecule has 0 spiro atoms. The van der Waals surface area contributed by atoms with Crippen LogP contribution in [0, 0.1) is 5.82 Å². The molecule has 3 rings (SSSR count). The Kier molecular flexibility index (Phi) is 5.88. The van der Waals surface area contributed by atoms with Crippen LogP contribution >= 0.6 is 15.9 Å². The molecule has 2 aromatic rings. The third-order valence-corrected chi connectivity index (χ3v) is 4.41. The molecule has 1 aromatic carbocycles. The molecule has 1 aliphatic rings. The number of carbonyl (C=O) groups is 1. The zero-order valence-electron chi connectivity index (χ0n) is 13.8. The highest BCUT2D eigenvalue weighted by molar-refractivity contribution is 9.10. The minimum Gasteiger partial charge on any atom is -0.491 e. The smallest absolute Gasteiger partial charge is 0.169 e. The molecule has 5 nitrogen and oxygen atoms in total. The fourth-order valence-electron chi connectivity index (χ4n) is 2.74. The molecule has 25 heavy (non-hydrogen) atoms. The maximum absolute atomic E-state index is 13.8. The largest absolute Gasteiger partial charge is 0.491 e. The fourth-order valence-corrected chi connectivity index (χ4v) is 3.08. The summed E-state index contributed by atoms with van der Waals surface area (Å²) < 4.78 is 31.4. The fraction of sp³-hybridized carbons (Fsp3) is 0.389. The van der Waals surface area contributed by atoms with Crippen molar-refractivity contribution in [2.45, 2.75) is 19.6 Å². The lowest BCUT2D eigenvalue weighted by Crippen LogP contribution is -2.44. The molecule has 1 aliphatic heterocycles. The lowest BCUT2D eigenvalue weighted by molar-refractivity contribution is -0.0519. The van der Waals surface area contributed by atoms with Gasteiger partial charge in [-0.05, 0) is 47.1 Å². The SMILES string of the molecule is CC(=O)c1ccc(OCC2CN(Cc3ccc(Br)o3)CCO2)cc1F. The zero-order chi connectivity index (χ0) is 17.8. The number of hydrogen-bond acceptors (Lipinski definition) is 5. The van der Waals surface area contributed by atoms with Crippen LogP contribution in [-0.4, -0.2) is 43.1 Å². The molecule has 2 heterocycles. The number of halogens is 2. The Morgan fingerprint density at radius 2 is 2.24 bits per heavy atom. The van der Waals surface area contributed by atoms with Crippen LogP contribution in [0.15, 0.2) is 39.4 Å². The van der Waals surface area contributed by atoms with E-state index in [0.29, 0.717) is 36.7 Å². The molecule has 0 N–H and O–H groups in total. The minimum atomic E-state index is -0.570. The van der Waals surface area contributed by atoms with Gasteiger partial charge in [0.2, 0.25) is 0 Å². The van der Waals surface area contributed by atoms with Gasteiger partial charge in [-0.2, -0.15) is 0 Å². The van der Waals surface area contributed by atoms with E-state index >= 15 is 0 Å². The Morgan fingerprint density at radius 1 is 1.40 bits per heavy atom. The Morgan fingerprint density at radius 3 is 2.92 bits per heavy atom. The summed E-state index contributed by atoms with van der Waals surface area (Å²) in [5.41, 5.74) is 0.0667. The van der Waals surface area contributed by atoms with Crippen LogP contribution in [-0.2, 0) is 11.3 Å². The number of ether oxygens (including phenoxy) is 2. The molecule has 0 radical (unpaired) electrons. The first-order valence-corrected chi connectivity index (χ1v) is 8.82. The summed E-state index contributed by atoms with van der Waals surface area (Å²) in [5.74, 6) is 0.396. The van der Waals surface area contributed by atoms with Crippen molar-refractivity contribution in [3.63, 3.8) is 0 Å². The monoisotopic (exact) mass is 411 g/mol. The van der Waals surface area contributed by atoms with Gasteiger partial charge in [-0.25, -0.2) is 4.39 Å². The normalized spacial score (nSPS) is 18.3. The first-order valence-electron chi connectivity index (χ1n) is 8.02. The van der Waals surface area contributed by atoms with Crippen LogP contribution in [0.4, 0.5) is 4.39 Å². The second kappa shape index (κ2) is 8.12. The maximum atomic E-state index is 13.8. The van der Waals surface area contributed by atoms with Crippen LogP contribution in [0.2, 0.25) is 0 Å². The van der Waals surface area contributed by atoms with E-state index in [1.165, 1.54) is 19.1 Å². The molecule has 0 amide bonds. The quantitative estimate of drug-likeness (QED) is 0.678. The first kappa shape index (κ1) is 18.1. The van der Waals surface area contributed by atoms with Crippen molar-refractivity contribution in [2.24, 2.45) is 0 Å². The predicted molar refractivity (Wildman–Crippen MR) is 93.3 cm³/mol. The number of furan rings is 1. The average molecular weight is 412 g/mol. The summed E-state index contributed by atoms with van der Waals surface area (Å²) >= 11 is 3.30. The Labute approximate surface area is 153 Å². The molecule has 134 valence electrons. The van der Waals surface area contributed by atoms with Crippen molar-refractivity contribution >= 4 is 21.7 Å². The van der Waals surface area contributed by atoms with Gasteiger partial charge in [0.05, 0.1) is 18.7 Å².